The zero-order chi connectivity index (χ0) is 23.1. The van der Waals surface area contributed by atoms with Crippen LogP contribution in [0, 0.1) is 0 Å². The average Bonchev–Trinajstić information content (AvgIpc) is 2.60. The summed E-state index contributed by atoms with van der Waals surface area (Å²) in [5, 5.41) is 39.8. The van der Waals surface area contributed by atoms with E-state index in [0.29, 0.717) is 0 Å². The van der Waals surface area contributed by atoms with Crippen molar-refractivity contribution in [3.05, 3.63) is 22.3 Å². The summed E-state index contributed by atoms with van der Waals surface area (Å²) in [4.78, 5) is 21.9. The Labute approximate surface area is 166 Å². The predicted octanol–water partition coefficient (Wildman–Crippen LogP) is -1.06. The summed E-state index contributed by atoms with van der Waals surface area (Å²) < 4.78 is 65.7. The van der Waals surface area contributed by atoms with Crippen LogP contribution in [0.3, 0.4) is 0 Å². The lowest BCUT2D eigenvalue weighted by molar-refractivity contribution is 0.0970. The van der Waals surface area contributed by atoms with E-state index in [1.807, 2.05) is 0 Å². The van der Waals surface area contributed by atoms with Gasteiger partial charge in [0.15, 0.2) is 33.7 Å². The Morgan fingerprint density at radius 1 is 0.533 bits per heavy atom. The zero-order valence-electron chi connectivity index (χ0n) is 14.1. The number of ketones is 2. The first-order valence-corrected chi connectivity index (χ1v) is 10.2. The maximum Gasteiger partial charge on any atom is 0.299 e. The molecule has 10 N–H and O–H groups in total. The lowest BCUT2D eigenvalue weighted by Crippen LogP contribution is -2.27. The second-order valence-electron chi connectivity index (χ2n) is 5.99. The van der Waals surface area contributed by atoms with Gasteiger partial charge < -0.3 is 31.9 Å². The molecule has 2 aromatic rings. The first-order chi connectivity index (χ1) is 13.5. The van der Waals surface area contributed by atoms with Crippen LogP contribution in [0.4, 0.5) is 11.4 Å². The van der Waals surface area contributed by atoms with Gasteiger partial charge in [-0.3, -0.25) is 18.7 Å². The molecule has 0 saturated heterocycles. The van der Waals surface area contributed by atoms with E-state index in [9.17, 15) is 56.0 Å². The number of carbonyl (C=O) groups is 2. The molecule has 0 spiro atoms. The van der Waals surface area contributed by atoms with Crippen molar-refractivity contribution < 1.29 is 56.0 Å². The van der Waals surface area contributed by atoms with Gasteiger partial charge in [-0.15, -0.1) is 0 Å². The molecule has 0 atom stereocenters. The Hall–Kier alpha value is -3.60. The van der Waals surface area contributed by atoms with Crippen molar-refractivity contribution in [1.29, 1.82) is 0 Å². The fourth-order valence-corrected chi connectivity index (χ4v) is 5.16. The Morgan fingerprint density at radius 2 is 0.933 bits per heavy atom. The highest BCUT2D eigenvalue weighted by atomic mass is 32.2. The molecule has 2 aromatic carbocycles. The molecule has 0 saturated carbocycles. The molecule has 14 nitrogen and oxygen atoms in total. The standard InChI is InChI=1S/C14H10N2O12S2/c15-5-1-2(9(19)11(21)6(5)16)8(18)3-4(7(1)17)13(29(23,24)25)14(30(26,27)28)12(22)10(3)20/h19-22H,15-16H2,(H,23,24,25)(H,26,27,28). The second kappa shape index (κ2) is 5.95. The van der Waals surface area contributed by atoms with Crippen LogP contribution in [-0.4, -0.2) is 57.9 Å². The van der Waals surface area contributed by atoms with E-state index in [-0.39, 0.29) is 0 Å². The maximum absolute atomic E-state index is 13.0. The normalized spacial score (nSPS) is 13.8. The van der Waals surface area contributed by atoms with Crippen LogP contribution >= 0.6 is 0 Å². The summed E-state index contributed by atoms with van der Waals surface area (Å²) in [6.45, 7) is 0. The van der Waals surface area contributed by atoms with Gasteiger partial charge in [-0.1, -0.05) is 0 Å². The van der Waals surface area contributed by atoms with E-state index in [1.54, 1.807) is 0 Å². The summed E-state index contributed by atoms with van der Waals surface area (Å²) in [6, 6.07) is 0. The van der Waals surface area contributed by atoms with Crippen LogP contribution in [-0.2, 0) is 20.2 Å². The van der Waals surface area contributed by atoms with Gasteiger partial charge in [0.2, 0.25) is 5.78 Å². The number of phenolic OH excluding ortho intramolecular Hbond substituents is 4. The molecule has 0 unspecified atom stereocenters. The monoisotopic (exact) mass is 462 g/mol. The minimum Gasteiger partial charge on any atom is -0.504 e. The Bertz CT molecular complexity index is 1420. The van der Waals surface area contributed by atoms with E-state index < -0.39 is 98.2 Å². The number of hydrogen-bond donors (Lipinski definition) is 8. The molecule has 0 amide bonds. The predicted molar refractivity (Wildman–Crippen MR) is 94.9 cm³/mol. The number of phenols is 4. The molecule has 30 heavy (non-hydrogen) atoms. The molecule has 1 aliphatic carbocycles. The summed E-state index contributed by atoms with van der Waals surface area (Å²) in [6.07, 6.45) is 0. The highest BCUT2D eigenvalue weighted by Gasteiger charge is 2.46. The quantitative estimate of drug-likeness (QED) is 0.0975. The largest absolute Gasteiger partial charge is 0.504 e. The third-order valence-corrected chi connectivity index (χ3v) is 6.28. The fraction of sp³-hybridized carbons (Fsp3) is 0. The Morgan fingerprint density at radius 3 is 1.40 bits per heavy atom. The lowest BCUT2D eigenvalue weighted by Gasteiger charge is -2.25. The first-order valence-electron chi connectivity index (χ1n) is 7.32. The molecule has 1 aliphatic rings. The number of rotatable bonds is 2. The third kappa shape index (κ3) is 2.55. The lowest BCUT2D eigenvalue weighted by atomic mass is 9.81. The van der Waals surface area contributed by atoms with Crippen LogP contribution < -0.4 is 11.5 Å². The van der Waals surface area contributed by atoms with Gasteiger partial charge in [-0.05, 0) is 0 Å². The number of fused-ring (bicyclic) bond motifs is 2. The van der Waals surface area contributed by atoms with Crippen LogP contribution in [0.25, 0.3) is 0 Å². The molecule has 16 heteroatoms. The smallest absolute Gasteiger partial charge is 0.299 e. The second-order valence-corrected chi connectivity index (χ2v) is 8.71. The van der Waals surface area contributed by atoms with E-state index in [1.165, 1.54) is 0 Å². The molecule has 0 heterocycles. The van der Waals surface area contributed by atoms with Gasteiger partial charge in [-0.25, -0.2) is 0 Å². The van der Waals surface area contributed by atoms with Crippen LogP contribution in [0.15, 0.2) is 9.79 Å². The van der Waals surface area contributed by atoms with Crippen molar-refractivity contribution in [2.45, 2.75) is 9.79 Å². The zero-order valence-corrected chi connectivity index (χ0v) is 15.7. The van der Waals surface area contributed by atoms with E-state index >= 15 is 0 Å². The maximum atomic E-state index is 13.0. The molecule has 0 bridgehead atoms. The minimum absolute atomic E-state index is 0.803. The van der Waals surface area contributed by atoms with E-state index in [0.717, 1.165) is 0 Å². The van der Waals surface area contributed by atoms with Crippen molar-refractivity contribution >= 4 is 43.2 Å². The number of nitrogen functional groups attached to an aromatic ring is 2. The summed E-state index contributed by atoms with van der Waals surface area (Å²) >= 11 is 0. The SMILES string of the molecule is Nc1c(N)c2c(c(O)c1O)C(=O)c1c(O)c(O)c(S(=O)(=O)O)c(S(=O)(=O)O)c1C2=O. The Kier molecular flexibility index (Phi) is 4.19. The van der Waals surface area contributed by atoms with Crippen molar-refractivity contribution in [2.24, 2.45) is 0 Å². The van der Waals surface area contributed by atoms with Gasteiger partial charge >= 0.3 is 0 Å². The molecular formula is C14H10N2O12S2. The summed E-state index contributed by atoms with van der Waals surface area (Å²) in [7, 11) is -11.5. The van der Waals surface area contributed by atoms with Crippen molar-refractivity contribution in [3.8, 4) is 23.0 Å². The number of aromatic hydroxyl groups is 4. The van der Waals surface area contributed by atoms with Gasteiger partial charge in [0.25, 0.3) is 20.2 Å². The van der Waals surface area contributed by atoms with Crippen molar-refractivity contribution in [2.75, 3.05) is 11.5 Å². The summed E-state index contributed by atoms with van der Waals surface area (Å²) in [5.41, 5.74) is 4.49. The van der Waals surface area contributed by atoms with Gasteiger partial charge in [-0.2, -0.15) is 16.8 Å². The van der Waals surface area contributed by atoms with Gasteiger partial charge in [0, 0.05) is 0 Å². The molecule has 0 aliphatic heterocycles. The molecule has 160 valence electrons. The molecule has 0 aromatic heterocycles. The van der Waals surface area contributed by atoms with E-state index in [4.69, 9.17) is 11.5 Å². The van der Waals surface area contributed by atoms with Crippen molar-refractivity contribution in [1.82, 2.24) is 0 Å². The third-order valence-electron chi connectivity index (χ3n) is 4.31. The molecular weight excluding hydrogens is 452 g/mol. The van der Waals surface area contributed by atoms with Crippen molar-refractivity contribution in [3.63, 3.8) is 0 Å². The van der Waals surface area contributed by atoms with Gasteiger partial charge in [0.05, 0.1) is 27.9 Å². The number of benzene rings is 2. The number of carbonyl (C=O) groups excluding carboxylic acids is 2. The highest BCUT2D eigenvalue weighted by molar-refractivity contribution is 7.89. The average molecular weight is 462 g/mol. The number of anilines is 2. The Balaban J connectivity index is 2.70. The highest BCUT2D eigenvalue weighted by Crippen LogP contribution is 2.51. The molecule has 3 rings (SSSR count). The van der Waals surface area contributed by atoms with Gasteiger partial charge in [0.1, 0.15) is 10.6 Å². The minimum atomic E-state index is -5.76. The van der Waals surface area contributed by atoms with Crippen LogP contribution in [0.2, 0.25) is 0 Å². The topological polar surface area (TPSA) is 276 Å². The number of nitrogens with two attached hydrogens (primary N) is 2. The molecule has 0 fully saturated rings. The van der Waals surface area contributed by atoms with Crippen LogP contribution in [0.1, 0.15) is 31.8 Å². The number of hydrogen-bond acceptors (Lipinski definition) is 12. The van der Waals surface area contributed by atoms with E-state index in [2.05, 4.69) is 0 Å². The summed E-state index contributed by atoms with van der Waals surface area (Å²) in [5.74, 6) is -9.23. The molecule has 0 radical (unpaired) electrons. The fourth-order valence-electron chi connectivity index (χ4n) is 3.07. The van der Waals surface area contributed by atoms with Crippen LogP contribution in [0.5, 0.6) is 23.0 Å². The first kappa shape index (κ1) is 21.1.